The van der Waals surface area contributed by atoms with Gasteiger partial charge >= 0.3 is 0 Å². The molecule has 36 heavy (non-hydrogen) atoms. The summed E-state index contributed by atoms with van der Waals surface area (Å²) in [5, 5.41) is 10.4. The van der Waals surface area contributed by atoms with Crippen LogP contribution in [0.2, 0.25) is 0 Å². The Hall–Kier alpha value is -3.56. The number of fused-ring (bicyclic) bond motifs is 1. The van der Waals surface area contributed by atoms with Crippen molar-refractivity contribution in [2.45, 2.75) is 70.1 Å². The minimum atomic E-state index is -1.11. The highest BCUT2D eigenvalue weighted by atomic mass is 16.5. The number of nitrogens with zero attached hydrogens (tertiary/aromatic N) is 3. The van der Waals surface area contributed by atoms with Crippen LogP contribution in [0.25, 0.3) is 0 Å². The van der Waals surface area contributed by atoms with E-state index in [1.54, 1.807) is 46.4 Å². The first-order valence-corrected chi connectivity index (χ1v) is 12.4. The Bertz CT molecular complexity index is 1140. The van der Waals surface area contributed by atoms with Crippen LogP contribution in [0.4, 0.5) is 0 Å². The molecule has 1 fully saturated rings. The lowest BCUT2D eigenvalue weighted by Crippen LogP contribution is -2.63. The number of ether oxygens (including phenoxy) is 2. The molecule has 1 saturated carbocycles. The number of amides is 3. The molecular formula is C26H35N5O5. The Morgan fingerprint density at radius 2 is 1.83 bits per heavy atom. The van der Waals surface area contributed by atoms with Gasteiger partial charge in [-0.1, -0.05) is 25.7 Å². The smallest absolute Gasteiger partial charge is 0.272 e. The summed E-state index contributed by atoms with van der Waals surface area (Å²) in [4.78, 5) is 40.9. The van der Waals surface area contributed by atoms with Crippen LogP contribution >= 0.6 is 0 Å². The Labute approximate surface area is 211 Å². The van der Waals surface area contributed by atoms with E-state index in [0.717, 1.165) is 31.2 Å². The third-order valence-corrected chi connectivity index (χ3v) is 7.34. The van der Waals surface area contributed by atoms with Gasteiger partial charge in [0.05, 0.1) is 20.8 Å². The number of carbonyl (C=O) groups excluding carboxylic acids is 3. The molecule has 1 aliphatic carbocycles. The van der Waals surface area contributed by atoms with E-state index in [0.29, 0.717) is 11.5 Å². The molecule has 0 spiro atoms. The lowest BCUT2D eigenvalue weighted by molar-refractivity contribution is -0.133. The fourth-order valence-electron chi connectivity index (χ4n) is 4.89. The number of nitrogens with one attached hydrogen (secondary N) is 2. The van der Waals surface area contributed by atoms with Gasteiger partial charge < -0.3 is 25.0 Å². The minimum absolute atomic E-state index is 0.113. The topological polar surface area (TPSA) is 115 Å². The van der Waals surface area contributed by atoms with Crippen LogP contribution in [0.3, 0.4) is 0 Å². The molecule has 10 nitrogen and oxygen atoms in total. The van der Waals surface area contributed by atoms with E-state index >= 15 is 0 Å². The highest BCUT2D eigenvalue weighted by molar-refractivity contribution is 6.01. The SMILES string of the molecule is COc1ccc(OC)c(CNC(=O)c2cc3n(n2)C[C@@](C)(C(=O)NC2CCCCCC2)N(C)C3=O)c1. The predicted octanol–water partition coefficient (Wildman–Crippen LogP) is 2.51. The summed E-state index contributed by atoms with van der Waals surface area (Å²) in [5.41, 5.74) is 0.0283. The van der Waals surface area contributed by atoms with Crippen LogP contribution in [0.5, 0.6) is 11.5 Å². The Morgan fingerprint density at radius 1 is 1.11 bits per heavy atom. The molecule has 2 aromatic rings. The van der Waals surface area contributed by atoms with Crippen molar-refractivity contribution < 1.29 is 23.9 Å². The number of hydrogen-bond acceptors (Lipinski definition) is 6. The molecule has 3 amide bonds. The minimum Gasteiger partial charge on any atom is -0.497 e. The van der Waals surface area contributed by atoms with Gasteiger partial charge in [-0.2, -0.15) is 5.10 Å². The van der Waals surface area contributed by atoms with Gasteiger partial charge in [-0.05, 0) is 38.0 Å². The van der Waals surface area contributed by atoms with Gasteiger partial charge in [-0.25, -0.2) is 0 Å². The lowest BCUT2D eigenvalue weighted by atomic mass is 9.95. The molecule has 1 aromatic heterocycles. The van der Waals surface area contributed by atoms with Crippen LogP contribution in [-0.2, 0) is 17.9 Å². The second kappa shape index (κ2) is 10.6. The Balaban J connectivity index is 1.48. The van der Waals surface area contributed by atoms with Crippen LogP contribution in [0, 0.1) is 0 Å². The molecular weight excluding hydrogens is 462 g/mol. The molecule has 0 unspecified atom stereocenters. The molecule has 4 rings (SSSR count). The normalized spacial score (nSPS) is 20.3. The Morgan fingerprint density at radius 3 is 2.50 bits per heavy atom. The average molecular weight is 498 g/mol. The summed E-state index contributed by atoms with van der Waals surface area (Å²) in [6.07, 6.45) is 6.48. The summed E-state index contributed by atoms with van der Waals surface area (Å²) in [7, 11) is 4.75. The second-order valence-corrected chi connectivity index (χ2v) is 9.73. The molecule has 10 heteroatoms. The molecule has 2 aliphatic rings. The first-order chi connectivity index (χ1) is 17.3. The zero-order valence-corrected chi connectivity index (χ0v) is 21.4. The van der Waals surface area contributed by atoms with Gasteiger partial charge in [-0.3, -0.25) is 19.1 Å². The summed E-state index contributed by atoms with van der Waals surface area (Å²) in [6.45, 7) is 2.10. The number of aromatic nitrogens is 2. The van der Waals surface area contributed by atoms with Gasteiger partial charge in [-0.15, -0.1) is 0 Å². The number of likely N-dealkylation sites (N-methyl/N-ethyl adjacent to an activating group) is 1. The Kier molecular flexibility index (Phi) is 7.51. The van der Waals surface area contributed by atoms with Crippen LogP contribution < -0.4 is 20.1 Å². The molecule has 0 bridgehead atoms. The van der Waals surface area contributed by atoms with Crippen molar-refractivity contribution in [3.63, 3.8) is 0 Å². The van der Waals surface area contributed by atoms with Crippen molar-refractivity contribution in [2.24, 2.45) is 0 Å². The number of rotatable bonds is 7. The number of carbonyl (C=O) groups is 3. The number of hydrogen-bond donors (Lipinski definition) is 2. The summed E-state index contributed by atoms with van der Waals surface area (Å²) < 4.78 is 12.1. The molecule has 2 heterocycles. The third kappa shape index (κ3) is 5.03. The van der Waals surface area contributed by atoms with Crippen molar-refractivity contribution in [3.05, 3.63) is 41.2 Å². The van der Waals surface area contributed by atoms with E-state index in [2.05, 4.69) is 15.7 Å². The highest BCUT2D eigenvalue weighted by Gasteiger charge is 2.46. The fourth-order valence-corrected chi connectivity index (χ4v) is 4.89. The molecule has 194 valence electrons. The van der Waals surface area contributed by atoms with E-state index in [9.17, 15) is 14.4 Å². The van der Waals surface area contributed by atoms with Crippen molar-refractivity contribution in [2.75, 3.05) is 21.3 Å². The van der Waals surface area contributed by atoms with Crippen molar-refractivity contribution in [3.8, 4) is 11.5 Å². The van der Waals surface area contributed by atoms with E-state index in [4.69, 9.17) is 9.47 Å². The largest absolute Gasteiger partial charge is 0.497 e. The maximum Gasteiger partial charge on any atom is 0.272 e. The third-order valence-electron chi connectivity index (χ3n) is 7.34. The first kappa shape index (κ1) is 25.5. The molecule has 1 atom stereocenters. The van der Waals surface area contributed by atoms with E-state index in [1.165, 1.54) is 28.5 Å². The van der Waals surface area contributed by atoms with Gasteiger partial charge in [0.15, 0.2) is 5.69 Å². The van der Waals surface area contributed by atoms with Gasteiger partial charge in [0, 0.05) is 31.3 Å². The molecule has 0 radical (unpaired) electrons. The number of methoxy groups -OCH3 is 2. The zero-order chi connectivity index (χ0) is 25.9. The van der Waals surface area contributed by atoms with Gasteiger partial charge in [0.1, 0.15) is 22.7 Å². The fraction of sp³-hybridized carbons (Fsp3) is 0.538. The predicted molar refractivity (Wildman–Crippen MR) is 133 cm³/mol. The summed E-state index contributed by atoms with van der Waals surface area (Å²) >= 11 is 0. The first-order valence-electron chi connectivity index (χ1n) is 12.4. The van der Waals surface area contributed by atoms with Gasteiger partial charge in [0.2, 0.25) is 5.91 Å². The van der Waals surface area contributed by atoms with E-state index in [-0.39, 0.29) is 42.3 Å². The summed E-state index contributed by atoms with van der Waals surface area (Å²) in [6, 6.07) is 6.92. The molecule has 2 N–H and O–H groups in total. The highest BCUT2D eigenvalue weighted by Crippen LogP contribution is 2.28. The second-order valence-electron chi connectivity index (χ2n) is 9.73. The maximum atomic E-state index is 13.3. The zero-order valence-electron chi connectivity index (χ0n) is 21.4. The molecule has 1 aliphatic heterocycles. The van der Waals surface area contributed by atoms with E-state index in [1.807, 2.05) is 0 Å². The molecule has 0 saturated heterocycles. The monoisotopic (exact) mass is 497 g/mol. The van der Waals surface area contributed by atoms with Crippen molar-refractivity contribution in [1.29, 1.82) is 0 Å². The van der Waals surface area contributed by atoms with Crippen molar-refractivity contribution in [1.82, 2.24) is 25.3 Å². The molecule has 1 aromatic carbocycles. The lowest BCUT2D eigenvalue weighted by Gasteiger charge is -2.41. The standard InChI is InChI=1S/C26H35N5O5/c1-26(25(34)28-18-9-7-5-6-8-10-18)16-31-21(24(33)30(26)2)14-20(29-31)23(32)27-15-17-13-19(35-3)11-12-22(17)36-4/h11-14,18H,5-10,15-16H2,1-4H3,(H,27,32)(H,28,34)/t26-/m0/s1. The summed E-state index contributed by atoms with van der Waals surface area (Å²) in [5.74, 6) is 0.296. The van der Waals surface area contributed by atoms with Crippen LogP contribution in [0.1, 0.15) is 72.0 Å². The van der Waals surface area contributed by atoms with Crippen LogP contribution in [-0.4, -0.2) is 65.2 Å². The van der Waals surface area contributed by atoms with Crippen molar-refractivity contribution >= 4 is 17.7 Å². The average Bonchev–Trinajstić information content (AvgIpc) is 3.13. The quantitative estimate of drug-likeness (QED) is 0.568. The van der Waals surface area contributed by atoms with Gasteiger partial charge in [0.25, 0.3) is 11.8 Å². The maximum absolute atomic E-state index is 13.3. The van der Waals surface area contributed by atoms with Crippen LogP contribution in [0.15, 0.2) is 24.3 Å². The number of benzene rings is 1. The van der Waals surface area contributed by atoms with E-state index < -0.39 is 11.4 Å².